The Kier molecular flexibility index (Phi) is 8.25. The SMILES string of the molecule is CCC(CCNC)NC(=O)[C@H](CC(C)C)NC(=O)c1cc2ccccc2s1. The molecule has 2 amide bonds. The number of thiophene rings is 1. The molecule has 1 aromatic carbocycles. The second kappa shape index (κ2) is 10.4. The van der Waals surface area contributed by atoms with Crippen LogP contribution in [0, 0.1) is 5.92 Å². The van der Waals surface area contributed by atoms with Crippen LogP contribution in [0.5, 0.6) is 0 Å². The molecule has 148 valence electrons. The fourth-order valence-electron chi connectivity index (χ4n) is 3.02. The average Bonchev–Trinajstić information content (AvgIpc) is 3.08. The van der Waals surface area contributed by atoms with Crippen LogP contribution in [0.15, 0.2) is 30.3 Å². The van der Waals surface area contributed by atoms with E-state index in [1.165, 1.54) is 11.3 Å². The number of benzene rings is 1. The van der Waals surface area contributed by atoms with E-state index in [0.717, 1.165) is 29.5 Å². The van der Waals surface area contributed by atoms with E-state index < -0.39 is 6.04 Å². The van der Waals surface area contributed by atoms with Gasteiger partial charge in [0.1, 0.15) is 6.04 Å². The Balaban J connectivity index is 2.07. The number of fused-ring (bicyclic) bond motifs is 1. The van der Waals surface area contributed by atoms with E-state index in [1.807, 2.05) is 37.4 Å². The quantitative estimate of drug-likeness (QED) is 0.582. The maximum absolute atomic E-state index is 12.8. The molecule has 0 fully saturated rings. The zero-order valence-electron chi connectivity index (χ0n) is 16.7. The van der Waals surface area contributed by atoms with Crippen molar-refractivity contribution in [3.63, 3.8) is 0 Å². The van der Waals surface area contributed by atoms with Crippen LogP contribution in [-0.4, -0.2) is 37.5 Å². The van der Waals surface area contributed by atoms with Gasteiger partial charge in [-0.05, 0) is 56.3 Å². The summed E-state index contributed by atoms with van der Waals surface area (Å²) in [4.78, 5) is 26.2. The van der Waals surface area contributed by atoms with Gasteiger partial charge in [-0.1, -0.05) is 39.0 Å². The number of carbonyl (C=O) groups is 2. The van der Waals surface area contributed by atoms with Gasteiger partial charge in [0.05, 0.1) is 4.88 Å². The minimum absolute atomic E-state index is 0.0962. The minimum atomic E-state index is -0.522. The van der Waals surface area contributed by atoms with Gasteiger partial charge in [0.2, 0.25) is 5.91 Å². The second-order valence-electron chi connectivity index (χ2n) is 7.31. The van der Waals surface area contributed by atoms with Crippen LogP contribution in [0.2, 0.25) is 0 Å². The predicted octanol–water partition coefficient (Wildman–Crippen LogP) is 3.55. The van der Waals surface area contributed by atoms with Crippen molar-refractivity contribution in [2.45, 2.75) is 52.1 Å². The molecule has 0 aliphatic rings. The van der Waals surface area contributed by atoms with E-state index in [2.05, 4.69) is 36.7 Å². The maximum atomic E-state index is 12.8. The standard InChI is InChI=1S/C21H31N3O2S/c1-5-16(10-11-22-4)23-20(25)17(12-14(2)3)24-21(26)19-13-15-8-6-7-9-18(15)27-19/h6-9,13-14,16-17,22H,5,10-12H2,1-4H3,(H,23,25)(H,24,26)/t16?,17-/m0/s1. The lowest BCUT2D eigenvalue weighted by atomic mass is 10.0. The van der Waals surface area contributed by atoms with Crippen molar-refractivity contribution in [3.8, 4) is 0 Å². The molecule has 5 nitrogen and oxygen atoms in total. The Morgan fingerprint density at radius 2 is 1.89 bits per heavy atom. The molecule has 0 aliphatic carbocycles. The number of hydrogen-bond donors (Lipinski definition) is 3. The van der Waals surface area contributed by atoms with Gasteiger partial charge in [-0.2, -0.15) is 0 Å². The van der Waals surface area contributed by atoms with Crippen molar-refractivity contribution in [3.05, 3.63) is 35.2 Å². The predicted molar refractivity (Wildman–Crippen MR) is 113 cm³/mol. The van der Waals surface area contributed by atoms with Crippen LogP contribution >= 0.6 is 11.3 Å². The summed E-state index contributed by atoms with van der Waals surface area (Å²) in [5, 5.41) is 10.2. The zero-order chi connectivity index (χ0) is 19.8. The second-order valence-corrected chi connectivity index (χ2v) is 8.39. The van der Waals surface area contributed by atoms with Crippen molar-refractivity contribution in [1.29, 1.82) is 0 Å². The Hall–Kier alpha value is -1.92. The highest BCUT2D eigenvalue weighted by atomic mass is 32.1. The molecule has 0 radical (unpaired) electrons. The van der Waals surface area contributed by atoms with Gasteiger partial charge in [-0.3, -0.25) is 9.59 Å². The lowest BCUT2D eigenvalue weighted by molar-refractivity contribution is -0.124. The number of carbonyl (C=O) groups excluding carboxylic acids is 2. The summed E-state index contributed by atoms with van der Waals surface area (Å²) >= 11 is 1.46. The molecule has 0 saturated heterocycles. The van der Waals surface area contributed by atoms with Gasteiger partial charge < -0.3 is 16.0 Å². The molecule has 2 rings (SSSR count). The molecule has 1 unspecified atom stereocenters. The van der Waals surface area contributed by atoms with E-state index in [-0.39, 0.29) is 17.9 Å². The molecule has 0 bridgehead atoms. The summed E-state index contributed by atoms with van der Waals surface area (Å²) in [7, 11) is 1.90. The summed E-state index contributed by atoms with van der Waals surface area (Å²) in [6.07, 6.45) is 2.36. The first-order valence-electron chi connectivity index (χ1n) is 9.69. The summed E-state index contributed by atoms with van der Waals surface area (Å²) in [5.74, 6) is 0.0298. The molecule has 2 atom stereocenters. The first-order chi connectivity index (χ1) is 12.9. The number of hydrogen-bond acceptors (Lipinski definition) is 4. The summed E-state index contributed by atoms with van der Waals surface area (Å²) in [5.41, 5.74) is 0. The highest BCUT2D eigenvalue weighted by Gasteiger charge is 2.25. The van der Waals surface area contributed by atoms with Crippen LogP contribution in [0.25, 0.3) is 10.1 Å². The van der Waals surface area contributed by atoms with Crippen LogP contribution in [0.3, 0.4) is 0 Å². The van der Waals surface area contributed by atoms with Crippen LogP contribution in [-0.2, 0) is 4.79 Å². The molecule has 27 heavy (non-hydrogen) atoms. The van der Waals surface area contributed by atoms with E-state index >= 15 is 0 Å². The Morgan fingerprint density at radius 3 is 2.52 bits per heavy atom. The van der Waals surface area contributed by atoms with Crippen LogP contribution in [0.1, 0.15) is 49.7 Å². The maximum Gasteiger partial charge on any atom is 0.262 e. The molecule has 0 saturated carbocycles. The van der Waals surface area contributed by atoms with E-state index in [0.29, 0.717) is 17.2 Å². The third-order valence-electron chi connectivity index (χ3n) is 4.56. The van der Waals surface area contributed by atoms with Crippen LogP contribution in [0.4, 0.5) is 0 Å². The summed E-state index contributed by atoms with van der Waals surface area (Å²) in [6, 6.07) is 9.40. The topological polar surface area (TPSA) is 70.2 Å². The van der Waals surface area contributed by atoms with Crippen molar-refractivity contribution in [2.75, 3.05) is 13.6 Å². The fraction of sp³-hybridized carbons (Fsp3) is 0.524. The molecular weight excluding hydrogens is 358 g/mol. The number of amides is 2. The highest BCUT2D eigenvalue weighted by molar-refractivity contribution is 7.20. The smallest absolute Gasteiger partial charge is 0.262 e. The van der Waals surface area contributed by atoms with Gasteiger partial charge in [-0.15, -0.1) is 11.3 Å². The van der Waals surface area contributed by atoms with Crippen LogP contribution < -0.4 is 16.0 Å². The van der Waals surface area contributed by atoms with Gasteiger partial charge >= 0.3 is 0 Å². The number of rotatable bonds is 10. The van der Waals surface area contributed by atoms with E-state index in [9.17, 15) is 9.59 Å². The fourth-order valence-corrected chi connectivity index (χ4v) is 3.99. The average molecular weight is 390 g/mol. The minimum Gasteiger partial charge on any atom is -0.352 e. The van der Waals surface area contributed by atoms with Gasteiger partial charge in [0.15, 0.2) is 0 Å². The van der Waals surface area contributed by atoms with Crippen molar-refractivity contribution in [2.24, 2.45) is 5.92 Å². The van der Waals surface area contributed by atoms with E-state index in [4.69, 9.17) is 0 Å². The highest BCUT2D eigenvalue weighted by Crippen LogP contribution is 2.25. The normalized spacial score (nSPS) is 13.5. The molecule has 2 aromatic rings. The monoisotopic (exact) mass is 389 g/mol. The van der Waals surface area contributed by atoms with E-state index in [1.54, 1.807) is 0 Å². The molecule has 0 aliphatic heterocycles. The Morgan fingerprint density at radius 1 is 1.15 bits per heavy atom. The van der Waals surface area contributed by atoms with Gasteiger partial charge in [0, 0.05) is 10.7 Å². The Bertz CT molecular complexity index is 724. The van der Waals surface area contributed by atoms with Gasteiger partial charge in [0.25, 0.3) is 5.91 Å². The number of nitrogens with one attached hydrogen (secondary N) is 3. The third kappa shape index (κ3) is 6.33. The van der Waals surface area contributed by atoms with Crippen molar-refractivity contribution < 1.29 is 9.59 Å². The molecule has 3 N–H and O–H groups in total. The molecule has 1 heterocycles. The third-order valence-corrected chi connectivity index (χ3v) is 5.68. The zero-order valence-corrected chi connectivity index (χ0v) is 17.5. The van der Waals surface area contributed by atoms with Crippen molar-refractivity contribution in [1.82, 2.24) is 16.0 Å². The lowest BCUT2D eigenvalue weighted by Gasteiger charge is -2.23. The van der Waals surface area contributed by atoms with Crippen molar-refractivity contribution >= 4 is 33.2 Å². The molecule has 0 spiro atoms. The molecule has 6 heteroatoms. The van der Waals surface area contributed by atoms with Gasteiger partial charge in [-0.25, -0.2) is 0 Å². The first kappa shape index (κ1) is 21.4. The molecule has 1 aromatic heterocycles. The first-order valence-corrected chi connectivity index (χ1v) is 10.5. The molecular formula is C21H31N3O2S. The largest absolute Gasteiger partial charge is 0.352 e. The Labute approximate surface area is 165 Å². The summed E-state index contributed by atoms with van der Waals surface area (Å²) in [6.45, 7) is 7.03. The summed E-state index contributed by atoms with van der Waals surface area (Å²) < 4.78 is 1.07. The lowest BCUT2D eigenvalue weighted by Crippen LogP contribution is -2.50.